The maximum absolute atomic E-state index is 12.8. The van der Waals surface area contributed by atoms with E-state index in [2.05, 4.69) is 5.32 Å². The van der Waals surface area contributed by atoms with Crippen LogP contribution < -0.4 is 11.1 Å². The lowest BCUT2D eigenvalue weighted by molar-refractivity contribution is 0.626. The molecular weight excluding hydrogens is 193 g/mol. The van der Waals surface area contributed by atoms with E-state index in [1.807, 2.05) is 12.5 Å². The SMILES string of the molecule is N=C(N)NCCC[CH]c1cccc(F)c1. The average Bonchev–Trinajstić information content (AvgIpc) is 2.17. The molecule has 4 heteroatoms. The van der Waals surface area contributed by atoms with Crippen LogP contribution >= 0.6 is 0 Å². The lowest BCUT2D eigenvalue weighted by atomic mass is 10.1. The van der Waals surface area contributed by atoms with E-state index in [0.717, 1.165) is 18.4 Å². The Labute approximate surface area is 89.0 Å². The minimum atomic E-state index is -0.217. The van der Waals surface area contributed by atoms with Crippen molar-refractivity contribution in [2.75, 3.05) is 6.54 Å². The number of nitrogens with one attached hydrogen (secondary N) is 2. The molecule has 0 saturated heterocycles. The van der Waals surface area contributed by atoms with E-state index in [1.165, 1.54) is 12.1 Å². The Kier molecular flexibility index (Phi) is 4.60. The summed E-state index contributed by atoms with van der Waals surface area (Å²) in [5.41, 5.74) is 6.00. The van der Waals surface area contributed by atoms with Gasteiger partial charge in [0.05, 0.1) is 0 Å². The number of benzene rings is 1. The van der Waals surface area contributed by atoms with Gasteiger partial charge >= 0.3 is 0 Å². The molecular formula is C11H15FN3. The van der Waals surface area contributed by atoms with Gasteiger partial charge in [0.1, 0.15) is 5.82 Å². The number of hydrogen-bond acceptors (Lipinski definition) is 1. The van der Waals surface area contributed by atoms with E-state index in [1.54, 1.807) is 6.07 Å². The van der Waals surface area contributed by atoms with Gasteiger partial charge in [0.15, 0.2) is 5.96 Å². The number of guanidine groups is 1. The number of hydrogen-bond donors (Lipinski definition) is 3. The first-order chi connectivity index (χ1) is 7.18. The molecule has 81 valence electrons. The Morgan fingerprint density at radius 2 is 2.33 bits per heavy atom. The third kappa shape index (κ3) is 5.00. The summed E-state index contributed by atoms with van der Waals surface area (Å²) in [6, 6.07) is 6.48. The highest BCUT2D eigenvalue weighted by Gasteiger charge is 1.96. The van der Waals surface area contributed by atoms with Crippen molar-refractivity contribution in [1.29, 1.82) is 5.41 Å². The molecule has 4 N–H and O–H groups in total. The third-order valence-electron chi connectivity index (χ3n) is 1.93. The largest absolute Gasteiger partial charge is 0.370 e. The maximum Gasteiger partial charge on any atom is 0.185 e. The molecule has 15 heavy (non-hydrogen) atoms. The van der Waals surface area contributed by atoms with Crippen LogP contribution in [0.4, 0.5) is 4.39 Å². The second kappa shape index (κ2) is 6.01. The second-order valence-electron chi connectivity index (χ2n) is 3.24. The topological polar surface area (TPSA) is 61.9 Å². The molecule has 0 atom stereocenters. The van der Waals surface area contributed by atoms with Crippen molar-refractivity contribution >= 4 is 5.96 Å². The molecule has 0 aromatic heterocycles. The van der Waals surface area contributed by atoms with E-state index in [-0.39, 0.29) is 11.8 Å². The molecule has 0 unspecified atom stereocenters. The lowest BCUT2D eigenvalue weighted by Crippen LogP contribution is -2.30. The predicted octanol–water partition coefficient (Wildman–Crippen LogP) is 1.64. The molecule has 1 aromatic carbocycles. The Morgan fingerprint density at radius 1 is 1.53 bits per heavy atom. The fourth-order valence-electron chi connectivity index (χ4n) is 1.23. The summed E-state index contributed by atoms with van der Waals surface area (Å²) in [6.07, 6.45) is 3.67. The van der Waals surface area contributed by atoms with Crippen LogP contribution in [-0.4, -0.2) is 12.5 Å². The molecule has 0 amide bonds. The summed E-state index contributed by atoms with van der Waals surface area (Å²) < 4.78 is 12.8. The van der Waals surface area contributed by atoms with Crippen molar-refractivity contribution in [3.05, 3.63) is 42.1 Å². The fraction of sp³-hybridized carbons (Fsp3) is 0.273. The molecule has 0 aliphatic rings. The number of halogens is 1. The van der Waals surface area contributed by atoms with Gasteiger partial charge in [-0.25, -0.2) is 4.39 Å². The highest BCUT2D eigenvalue weighted by Crippen LogP contribution is 2.08. The zero-order chi connectivity index (χ0) is 11.1. The van der Waals surface area contributed by atoms with Crippen molar-refractivity contribution < 1.29 is 4.39 Å². The first kappa shape index (κ1) is 11.5. The quantitative estimate of drug-likeness (QED) is 0.391. The highest BCUT2D eigenvalue weighted by molar-refractivity contribution is 5.74. The van der Waals surface area contributed by atoms with E-state index >= 15 is 0 Å². The molecule has 0 saturated carbocycles. The molecule has 1 radical (unpaired) electrons. The monoisotopic (exact) mass is 208 g/mol. The van der Waals surface area contributed by atoms with E-state index < -0.39 is 0 Å². The molecule has 0 heterocycles. The Morgan fingerprint density at radius 3 is 3.00 bits per heavy atom. The lowest BCUT2D eigenvalue weighted by Gasteiger charge is -2.03. The average molecular weight is 208 g/mol. The Bertz CT molecular complexity index is 325. The Hall–Kier alpha value is -1.58. The van der Waals surface area contributed by atoms with Crippen molar-refractivity contribution in [2.45, 2.75) is 12.8 Å². The summed E-state index contributed by atoms with van der Waals surface area (Å²) in [5, 5.41) is 9.64. The molecule has 0 fully saturated rings. The molecule has 3 nitrogen and oxygen atoms in total. The van der Waals surface area contributed by atoms with Crippen molar-refractivity contribution in [2.24, 2.45) is 5.73 Å². The predicted molar refractivity (Wildman–Crippen MR) is 59.0 cm³/mol. The van der Waals surface area contributed by atoms with Crippen LogP contribution in [0.5, 0.6) is 0 Å². The number of nitrogens with two attached hydrogens (primary N) is 1. The van der Waals surface area contributed by atoms with Crippen LogP contribution in [0.2, 0.25) is 0 Å². The standard InChI is InChI=1S/C11H15FN3/c12-10-6-3-5-9(8-10)4-1-2-7-15-11(13)14/h3-6,8H,1-2,7H2,(H4,13,14,15). The van der Waals surface area contributed by atoms with Gasteiger partial charge in [-0.2, -0.15) is 0 Å². The zero-order valence-corrected chi connectivity index (χ0v) is 8.46. The van der Waals surface area contributed by atoms with Crippen molar-refractivity contribution in [3.63, 3.8) is 0 Å². The normalized spacial score (nSPS) is 9.93. The van der Waals surface area contributed by atoms with Gasteiger partial charge in [-0.3, -0.25) is 5.41 Å². The van der Waals surface area contributed by atoms with Crippen LogP contribution in [0.15, 0.2) is 24.3 Å². The number of rotatable bonds is 5. The Balaban J connectivity index is 2.17. The summed E-state index contributed by atoms with van der Waals surface area (Å²) in [6.45, 7) is 0.668. The minimum absolute atomic E-state index is 0.0132. The molecule has 0 spiro atoms. The van der Waals surface area contributed by atoms with E-state index in [4.69, 9.17) is 11.1 Å². The van der Waals surface area contributed by atoms with Gasteiger partial charge in [0.25, 0.3) is 0 Å². The van der Waals surface area contributed by atoms with Gasteiger partial charge in [0, 0.05) is 6.54 Å². The van der Waals surface area contributed by atoms with Crippen LogP contribution in [-0.2, 0) is 0 Å². The van der Waals surface area contributed by atoms with Gasteiger partial charge < -0.3 is 11.1 Å². The molecule has 0 bridgehead atoms. The molecule has 0 aliphatic carbocycles. The fourth-order valence-corrected chi connectivity index (χ4v) is 1.23. The second-order valence-corrected chi connectivity index (χ2v) is 3.24. The highest BCUT2D eigenvalue weighted by atomic mass is 19.1. The first-order valence-electron chi connectivity index (χ1n) is 4.85. The number of unbranched alkanes of at least 4 members (excludes halogenated alkanes) is 1. The zero-order valence-electron chi connectivity index (χ0n) is 8.46. The van der Waals surface area contributed by atoms with E-state index in [0.29, 0.717) is 6.54 Å². The third-order valence-corrected chi connectivity index (χ3v) is 1.93. The summed E-state index contributed by atoms with van der Waals surface area (Å²) in [4.78, 5) is 0. The van der Waals surface area contributed by atoms with Gasteiger partial charge in [-0.15, -0.1) is 0 Å². The maximum atomic E-state index is 12.8. The molecule has 0 aliphatic heterocycles. The van der Waals surface area contributed by atoms with Gasteiger partial charge in [-0.05, 0) is 37.0 Å². The minimum Gasteiger partial charge on any atom is -0.370 e. The summed E-state index contributed by atoms with van der Waals surface area (Å²) in [7, 11) is 0. The van der Waals surface area contributed by atoms with Crippen molar-refractivity contribution in [1.82, 2.24) is 5.32 Å². The smallest absolute Gasteiger partial charge is 0.185 e. The summed E-state index contributed by atoms with van der Waals surface area (Å²) >= 11 is 0. The van der Waals surface area contributed by atoms with Crippen LogP contribution in [0.1, 0.15) is 18.4 Å². The van der Waals surface area contributed by atoms with E-state index in [9.17, 15) is 4.39 Å². The van der Waals surface area contributed by atoms with Gasteiger partial charge in [-0.1, -0.05) is 12.1 Å². The first-order valence-corrected chi connectivity index (χ1v) is 4.85. The van der Waals surface area contributed by atoms with Crippen LogP contribution in [0.3, 0.4) is 0 Å². The van der Waals surface area contributed by atoms with Gasteiger partial charge in [0.2, 0.25) is 0 Å². The van der Waals surface area contributed by atoms with Crippen LogP contribution in [0, 0.1) is 17.6 Å². The molecule has 1 rings (SSSR count). The molecule has 1 aromatic rings. The van der Waals surface area contributed by atoms with Crippen molar-refractivity contribution in [3.8, 4) is 0 Å². The van der Waals surface area contributed by atoms with Crippen LogP contribution in [0.25, 0.3) is 0 Å². The summed E-state index contributed by atoms with van der Waals surface area (Å²) in [5.74, 6) is -0.230.